The van der Waals surface area contributed by atoms with Crippen molar-refractivity contribution in [1.82, 2.24) is 5.32 Å². The summed E-state index contributed by atoms with van der Waals surface area (Å²) >= 11 is 0. The van der Waals surface area contributed by atoms with Gasteiger partial charge in [0.2, 0.25) is 0 Å². The van der Waals surface area contributed by atoms with E-state index < -0.39 is 24.7 Å². The Labute approximate surface area is 104 Å². The maximum Gasteiger partial charge on any atom is 0.404 e. The second-order valence-electron chi connectivity index (χ2n) is 3.68. The summed E-state index contributed by atoms with van der Waals surface area (Å²) in [5.74, 6) is -0.563. The molecule has 0 aromatic heterocycles. The fraction of sp³-hybridized carbons (Fsp3) is 0.333. The number of hydrogen-bond donors (Lipinski definition) is 3. The van der Waals surface area contributed by atoms with Crippen molar-refractivity contribution < 1.29 is 24.5 Å². The van der Waals surface area contributed by atoms with E-state index in [0.29, 0.717) is 0 Å². The Balaban J connectivity index is 2.34. The molecule has 1 rings (SSSR count). The number of carbonyl (C=O) groups is 2. The molecule has 3 N–H and O–H groups in total. The average Bonchev–Trinajstić information content (AvgIpc) is 2.36. The van der Waals surface area contributed by atoms with Crippen molar-refractivity contribution in [2.24, 2.45) is 0 Å². The van der Waals surface area contributed by atoms with Gasteiger partial charge in [-0.2, -0.15) is 0 Å². The normalized spacial score (nSPS) is 11.6. The molecule has 1 aromatic rings. The maximum absolute atomic E-state index is 11.4. The van der Waals surface area contributed by atoms with Crippen LogP contribution in [0.2, 0.25) is 0 Å². The van der Waals surface area contributed by atoms with E-state index in [0.717, 1.165) is 5.56 Å². The minimum atomic E-state index is -1.29. The number of esters is 1. The molecule has 0 saturated carbocycles. The van der Waals surface area contributed by atoms with Crippen LogP contribution in [-0.2, 0) is 16.1 Å². The molecule has 0 fully saturated rings. The molecule has 1 amide bonds. The Hall–Kier alpha value is -2.08. The first kappa shape index (κ1) is 14.0. The average molecular weight is 253 g/mol. The zero-order chi connectivity index (χ0) is 13.4. The van der Waals surface area contributed by atoms with E-state index >= 15 is 0 Å². The van der Waals surface area contributed by atoms with E-state index in [1.165, 1.54) is 0 Å². The molecule has 0 heterocycles. The smallest absolute Gasteiger partial charge is 0.404 e. The van der Waals surface area contributed by atoms with Crippen molar-refractivity contribution in [3.63, 3.8) is 0 Å². The molecule has 0 aliphatic carbocycles. The molecule has 6 heteroatoms. The third-order valence-corrected chi connectivity index (χ3v) is 2.20. The topological polar surface area (TPSA) is 95.9 Å². The maximum atomic E-state index is 11.4. The molecule has 0 bridgehead atoms. The second-order valence-corrected chi connectivity index (χ2v) is 3.68. The summed E-state index contributed by atoms with van der Waals surface area (Å²) in [5.41, 5.74) is 0.845. The van der Waals surface area contributed by atoms with Gasteiger partial charge in [0.05, 0.1) is 19.1 Å². The van der Waals surface area contributed by atoms with E-state index in [1.54, 1.807) is 0 Å². The van der Waals surface area contributed by atoms with Gasteiger partial charge in [-0.1, -0.05) is 30.3 Å². The number of rotatable bonds is 6. The molecule has 0 aliphatic rings. The van der Waals surface area contributed by atoms with Crippen LogP contribution in [0.25, 0.3) is 0 Å². The first-order valence-corrected chi connectivity index (χ1v) is 5.41. The van der Waals surface area contributed by atoms with Crippen LogP contribution in [0.4, 0.5) is 4.79 Å². The molecule has 1 atom stereocenters. The summed E-state index contributed by atoms with van der Waals surface area (Å²) in [7, 11) is 0. The number of carbonyl (C=O) groups excluding carboxylic acids is 1. The second kappa shape index (κ2) is 7.29. The summed E-state index contributed by atoms with van der Waals surface area (Å²) in [4.78, 5) is 21.8. The number of amides is 1. The zero-order valence-corrected chi connectivity index (χ0v) is 9.70. The predicted octanol–water partition coefficient (Wildman–Crippen LogP) is 0.748. The van der Waals surface area contributed by atoms with Gasteiger partial charge in [0, 0.05) is 0 Å². The SMILES string of the molecule is O=C(O)N[C@H](CO)CC(=O)OCc1ccccc1. The number of benzene rings is 1. The summed E-state index contributed by atoms with van der Waals surface area (Å²) in [5, 5.41) is 19.4. The van der Waals surface area contributed by atoms with Crippen LogP contribution in [0.1, 0.15) is 12.0 Å². The molecule has 98 valence electrons. The molecule has 0 aliphatic heterocycles. The van der Waals surface area contributed by atoms with Gasteiger partial charge >= 0.3 is 12.1 Å². The zero-order valence-electron chi connectivity index (χ0n) is 9.70. The minimum absolute atomic E-state index is 0.130. The highest BCUT2D eigenvalue weighted by molar-refractivity contribution is 5.72. The number of carboxylic acid groups (broad SMARTS) is 1. The van der Waals surface area contributed by atoms with E-state index in [2.05, 4.69) is 0 Å². The van der Waals surface area contributed by atoms with Crippen molar-refractivity contribution in [2.45, 2.75) is 19.1 Å². The fourth-order valence-corrected chi connectivity index (χ4v) is 1.33. The Bertz CT molecular complexity index is 393. The number of nitrogens with one attached hydrogen (secondary N) is 1. The van der Waals surface area contributed by atoms with E-state index in [-0.39, 0.29) is 13.0 Å². The van der Waals surface area contributed by atoms with Gasteiger partial charge in [-0.15, -0.1) is 0 Å². The van der Waals surface area contributed by atoms with Gasteiger partial charge < -0.3 is 20.3 Å². The van der Waals surface area contributed by atoms with Crippen molar-refractivity contribution in [2.75, 3.05) is 6.61 Å². The largest absolute Gasteiger partial charge is 0.465 e. The monoisotopic (exact) mass is 253 g/mol. The molecular formula is C12H15NO5. The number of aliphatic hydroxyl groups excluding tert-OH is 1. The molecule has 0 saturated heterocycles. The highest BCUT2D eigenvalue weighted by Crippen LogP contribution is 2.03. The van der Waals surface area contributed by atoms with Crippen LogP contribution >= 0.6 is 0 Å². The Morgan fingerprint density at radius 1 is 1.28 bits per heavy atom. The molecule has 18 heavy (non-hydrogen) atoms. The summed E-state index contributed by atoms with van der Waals surface area (Å²) in [6.07, 6.45) is -1.49. The lowest BCUT2D eigenvalue weighted by molar-refractivity contribution is -0.145. The lowest BCUT2D eigenvalue weighted by atomic mass is 10.2. The van der Waals surface area contributed by atoms with Gasteiger partial charge in [-0.3, -0.25) is 4.79 Å². The first-order valence-electron chi connectivity index (χ1n) is 5.41. The van der Waals surface area contributed by atoms with Gasteiger partial charge in [-0.05, 0) is 5.56 Å². The number of aliphatic hydroxyl groups is 1. The van der Waals surface area contributed by atoms with Crippen LogP contribution in [0.15, 0.2) is 30.3 Å². The Kier molecular flexibility index (Phi) is 5.66. The van der Waals surface area contributed by atoms with Crippen LogP contribution < -0.4 is 5.32 Å². The summed E-state index contributed by atoms with van der Waals surface area (Å²) < 4.78 is 4.96. The molecule has 6 nitrogen and oxygen atoms in total. The third-order valence-electron chi connectivity index (χ3n) is 2.20. The van der Waals surface area contributed by atoms with Crippen LogP contribution in [0.3, 0.4) is 0 Å². The van der Waals surface area contributed by atoms with Crippen molar-refractivity contribution >= 4 is 12.1 Å². The van der Waals surface area contributed by atoms with E-state index in [4.69, 9.17) is 14.9 Å². The molecular weight excluding hydrogens is 238 g/mol. The van der Waals surface area contributed by atoms with Crippen molar-refractivity contribution in [3.8, 4) is 0 Å². The summed E-state index contributed by atoms with van der Waals surface area (Å²) in [6, 6.07) is 8.28. The van der Waals surface area contributed by atoms with Gasteiger partial charge in [-0.25, -0.2) is 4.79 Å². The lowest BCUT2D eigenvalue weighted by Crippen LogP contribution is -2.38. The standard InChI is InChI=1S/C12H15NO5/c14-7-10(13-12(16)17)6-11(15)18-8-9-4-2-1-3-5-9/h1-5,10,13-14H,6-8H2,(H,16,17)/t10-/m0/s1. The minimum Gasteiger partial charge on any atom is -0.465 e. The molecule has 1 aromatic carbocycles. The fourth-order valence-electron chi connectivity index (χ4n) is 1.33. The van der Waals surface area contributed by atoms with Gasteiger partial charge in [0.15, 0.2) is 0 Å². The quantitative estimate of drug-likeness (QED) is 0.650. The molecule has 0 spiro atoms. The van der Waals surface area contributed by atoms with Crippen LogP contribution in [0, 0.1) is 0 Å². The number of hydrogen-bond acceptors (Lipinski definition) is 4. The van der Waals surface area contributed by atoms with E-state index in [1.807, 2.05) is 35.6 Å². The van der Waals surface area contributed by atoms with Gasteiger partial charge in [0.1, 0.15) is 6.61 Å². The molecule has 0 unspecified atom stereocenters. The Morgan fingerprint density at radius 2 is 1.94 bits per heavy atom. The van der Waals surface area contributed by atoms with Crippen molar-refractivity contribution in [1.29, 1.82) is 0 Å². The van der Waals surface area contributed by atoms with Crippen LogP contribution in [0.5, 0.6) is 0 Å². The van der Waals surface area contributed by atoms with Crippen molar-refractivity contribution in [3.05, 3.63) is 35.9 Å². The third kappa shape index (κ3) is 5.31. The molecule has 0 radical (unpaired) electrons. The first-order chi connectivity index (χ1) is 8.61. The predicted molar refractivity (Wildman–Crippen MR) is 62.9 cm³/mol. The highest BCUT2D eigenvalue weighted by atomic mass is 16.5. The number of ether oxygens (including phenoxy) is 1. The lowest BCUT2D eigenvalue weighted by Gasteiger charge is -2.13. The Morgan fingerprint density at radius 3 is 2.50 bits per heavy atom. The highest BCUT2D eigenvalue weighted by Gasteiger charge is 2.15. The van der Waals surface area contributed by atoms with E-state index in [9.17, 15) is 9.59 Å². The summed E-state index contributed by atoms with van der Waals surface area (Å²) in [6.45, 7) is -0.322. The van der Waals surface area contributed by atoms with Crippen LogP contribution in [-0.4, -0.2) is 34.9 Å². The van der Waals surface area contributed by atoms with Gasteiger partial charge in [0.25, 0.3) is 0 Å².